The van der Waals surface area contributed by atoms with Crippen LogP contribution >= 0.6 is 24.0 Å². The molecule has 0 aliphatic heterocycles. The maximum absolute atomic E-state index is 9.46. The van der Waals surface area contributed by atoms with E-state index in [9.17, 15) is 5.11 Å². The molecule has 0 aromatic carbocycles. The average molecular weight is 305 g/mol. The van der Waals surface area contributed by atoms with Gasteiger partial charge in [0.15, 0.2) is 0 Å². The molecule has 19 heavy (non-hydrogen) atoms. The van der Waals surface area contributed by atoms with Crippen LogP contribution in [-0.2, 0) is 0 Å². The first-order valence-electron chi connectivity index (χ1n) is 8.04. The Hall–Kier alpha value is 0.400. The molecule has 0 aromatic rings. The highest BCUT2D eigenvalue weighted by atomic mass is 32.2. The summed E-state index contributed by atoms with van der Waals surface area (Å²) in [7, 11) is 0. The summed E-state index contributed by atoms with van der Waals surface area (Å²) in [6, 6.07) is 0. The van der Waals surface area contributed by atoms with Crippen LogP contribution in [0.4, 0.5) is 0 Å². The van der Waals surface area contributed by atoms with Gasteiger partial charge in [0.2, 0.25) is 0 Å². The second kappa shape index (κ2) is 14.8. The largest absolute Gasteiger partial charge is 0.392 e. The second-order valence-corrected chi connectivity index (χ2v) is 7.19. The second-order valence-electron chi connectivity index (χ2n) is 5.32. The van der Waals surface area contributed by atoms with Gasteiger partial charge in [-0.05, 0) is 19.3 Å². The molecule has 0 saturated carbocycles. The number of aliphatic hydroxyl groups excluding tert-OH is 1. The minimum absolute atomic E-state index is 0.189. The zero-order valence-corrected chi connectivity index (χ0v) is 14.5. The summed E-state index contributed by atoms with van der Waals surface area (Å²) in [5.74, 6) is 0.771. The summed E-state index contributed by atoms with van der Waals surface area (Å²) < 4.78 is 1.08. The molecule has 1 atom stereocenters. The lowest BCUT2D eigenvalue weighted by molar-refractivity contribution is 0.195. The van der Waals surface area contributed by atoms with E-state index in [0.29, 0.717) is 0 Å². The topological polar surface area (TPSA) is 20.2 Å². The molecule has 0 fully saturated rings. The Morgan fingerprint density at radius 2 is 1.47 bits per heavy atom. The smallest absolute Gasteiger partial charge is 0.0631 e. The van der Waals surface area contributed by atoms with Crippen molar-refractivity contribution in [2.75, 3.05) is 5.75 Å². The summed E-state index contributed by atoms with van der Waals surface area (Å²) in [5, 5.41) is 9.46. The molecule has 0 saturated heterocycles. The fraction of sp³-hybridized carbons (Fsp3) is 0.938. The van der Waals surface area contributed by atoms with Crippen molar-refractivity contribution in [3.05, 3.63) is 0 Å². The van der Waals surface area contributed by atoms with Gasteiger partial charge >= 0.3 is 0 Å². The summed E-state index contributed by atoms with van der Waals surface area (Å²) in [5.41, 5.74) is 0. The van der Waals surface area contributed by atoms with E-state index in [-0.39, 0.29) is 6.10 Å². The van der Waals surface area contributed by atoms with Gasteiger partial charge < -0.3 is 5.11 Å². The molecule has 0 radical (unpaired) electrons. The molecular formula is C16H32OS2. The van der Waals surface area contributed by atoms with Crippen LogP contribution in [0.25, 0.3) is 0 Å². The summed E-state index contributed by atoms with van der Waals surface area (Å²) >= 11 is 6.99. The van der Waals surface area contributed by atoms with Crippen LogP contribution in [0.5, 0.6) is 0 Å². The Balaban J connectivity index is 3.18. The Morgan fingerprint density at radius 1 is 0.947 bits per heavy atom. The zero-order valence-electron chi connectivity index (χ0n) is 12.8. The van der Waals surface area contributed by atoms with E-state index < -0.39 is 0 Å². The maximum atomic E-state index is 9.46. The summed E-state index contributed by atoms with van der Waals surface area (Å²) in [4.78, 5) is 0. The lowest BCUT2D eigenvalue weighted by Gasteiger charge is -2.07. The van der Waals surface area contributed by atoms with Crippen molar-refractivity contribution in [3.8, 4) is 0 Å². The number of unbranched alkanes of at least 4 members (excludes halogenated alkanes) is 8. The SMILES string of the molecule is CCCCCCCCCCCC(=S)SCC(O)CC. The highest BCUT2D eigenvalue weighted by Gasteiger charge is 2.04. The summed E-state index contributed by atoms with van der Waals surface area (Å²) in [6.07, 6.45) is 13.9. The molecule has 3 heteroatoms. The highest BCUT2D eigenvalue weighted by molar-refractivity contribution is 8.23. The predicted octanol–water partition coefficient (Wildman–Crippen LogP) is 5.74. The van der Waals surface area contributed by atoms with Gasteiger partial charge in [0.1, 0.15) is 0 Å². The number of aliphatic hydroxyl groups is 1. The first-order chi connectivity index (χ1) is 9.20. The van der Waals surface area contributed by atoms with E-state index in [0.717, 1.165) is 22.8 Å². The zero-order chi connectivity index (χ0) is 14.3. The third-order valence-corrected chi connectivity index (χ3v) is 5.03. The van der Waals surface area contributed by atoms with Crippen LogP contribution in [0.2, 0.25) is 0 Å². The standard InChI is InChI=1S/C16H32OS2/c1-3-5-6-7-8-9-10-11-12-13-16(18)19-14-15(17)4-2/h15,17H,3-14H2,1-2H3. The Labute approximate surface area is 129 Å². The van der Waals surface area contributed by atoms with Crippen molar-refractivity contribution in [2.45, 2.75) is 90.6 Å². The van der Waals surface area contributed by atoms with Crippen molar-refractivity contribution in [2.24, 2.45) is 0 Å². The van der Waals surface area contributed by atoms with Gasteiger partial charge in [-0.3, -0.25) is 0 Å². The lowest BCUT2D eigenvalue weighted by Crippen LogP contribution is -2.09. The predicted molar refractivity (Wildman–Crippen MR) is 93.2 cm³/mol. The molecule has 0 heterocycles. The van der Waals surface area contributed by atoms with Crippen LogP contribution in [0.1, 0.15) is 84.5 Å². The van der Waals surface area contributed by atoms with Crippen molar-refractivity contribution in [1.82, 2.24) is 0 Å². The lowest BCUT2D eigenvalue weighted by atomic mass is 10.1. The Bertz CT molecular complexity index is 207. The normalized spacial score (nSPS) is 12.6. The minimum atomic E-state index is -0.189. The average Bonchev–Trinajstić information content (AvgIpc) is 2.42. The molecule has 0 aliphatic carbocycles. The fourth-order valence-electron chi connectivity index (χ4n) is 1.96. The molecule has 0 aliphatic rings. The van der Waals surface area contributed by atoms with Crippen molar-refractivity contribution < 1.29 is 5.11 Å². The molecule has 0 aromatic heterocycles. The van der Waals surface area contributed by atoms with Gasteiger partial charge in [-0.1, -0.05) is 77.4 Å². The van der Waals surface area contributed by atoms with Crippen LogP contribution < -0.4 is 0 Å². The van der Waals surface area contributed by atoms with Gasteiger partial charge in [0, 0.05) is 9.95 Å². The van der Waals surface area contributed by atoms with Gasteiger partial charge in [-0.25, -0.2) is 0 Å². The Morgan fingerprint density at radius 3 is 2.00 bits per heavy atom. The molecule has 1 unspecified atom stereocenters. The number of hydrogen-bond acceptors (Lipinski definition) is 3. The van der Waals surface area contributed by atoms with E-state index in [1.165, 1.54) is 57.8 Å². The third kappa shape index (κ3) is 14.6. The van der Waals surface area contributed by atoms with E-state index in [1.807, 2.05) is 6.92 Å². The monoisotopic (exact) mass is 304 g/mol. The van der Waals surface area contributed by atoms with E-state index in [1.54, 1.807) is 11.8 Å². The van der Waals surface area contributed by atoms with E-state index >= 15 is 0 Å². The molecule has 0 rings (SSSR count). The van der Waals surface area contributed by atoms with Crippen LogP contribution in [0, 0.1) is 0 Å². The highest BCUT2D eigenvalue weighted by Crippen LogP contribution is 2.16. The van der Waals surface area contributed by atoms with Crippen molar-refractivity contribution in [1.29, 1.82) is 0 Å². The maximum Gasteiger partial charge on any atom is 0.0631 e. The van der Waals surface area contributed by atoms with E-state index in [2.05, 4.69) is 6.92 Å². The molecule has 114 valence electrons. The molecule has 0 amide bonds. The number of rotatable bonds is 13. The van der Waals surface area contributed by atoms with Crippen LogP contribution in [-0.4, -0.2) is 21.2 Å². The summed E-state index contributed by atoms with van der Waals surface area (Å²) in [6.45, 7) is 4.27. The number of hydrogen-bond donors (Lipinski definition) is 1. The van der Waals surface area contributed by atoms with Crippen LogP contribution in [0.3, 0.4) is 0 Å². The fourth-order valence-corrected chi connectivity index (χ4v) is 3.21. The quantitative estimate of drug-likeness (QED) is 0.346. The van der Waals surface area contributed by atoms with Crippen molar-refractivity contribution >= 4 is 28.2 Å². The Kier molecular flexibility index (Phi) is 15.1. The van der Waals surface area contributed by atoms with Crippen molar-refractivity contribution in [3.63, 3.8) is 0 Å². The van der Waals surface area contributed by atoms with E-state index in [4.69, 9.17) is 12.2 Å². The van der Waals surface area contributed by atoms with Crippen LogP contribution in [0.15, 0.2) is 0 Å². The van der Waals surface area contributed by atoms with Gasteiger partial charge in [0.05, 0.1) is 6.10 Å². The molecular weight excluding hydrogens is 272 g/mol. The minimum Gasteiger partial charge on any atom is -0.392 e. The van der Waals surface area contributed by atoms with Gasteiger partial charge in [-0.2, -0.15) is 0 Å². The number of thiocarbonyl (C=S) groups is 1. The molecule has 0 spiro atoms. The third-order valence-electron chi connectivity index (χ3n) is 3.39. The molecule has 1 N–H and O–H groups in total. The number of thioether (sulfide) groups is 1. The first-order valence-corrected chi connectivity index (χ1v) is 9.43. The molecule has 0 bridgehead atoms. The first kappa shape index (κ1) is 19.4. The molecule has 1 nitrogen and oxygen atoms in total. The van der Waals surface area contributed by atoms with Gasteiger partial charge in [0.25, 0.3) is 0 Å². The van der Waals surface area contributed by atoms with Gasteiger partial charge in [-0.15, -0.1) is 11.8 Å².